The van der Waals surface area contributed by atoms with Gasteiger partial charge in [0.25, 0.3) is 0 Å². The summed E-state index contributed by atoms with van der Waals surface area (Å²) >= 11 is 1.43. The summed E-state index contributed by atoms with van der Waals surface area (Å²) in [6.07, 6.45) is 2.54. The molecule has 0 bridgehead atoms. The fraction of sp³-hybridized carbons (Fsp3) is 0.0833. The van der Waals surface area contributed by atoms with E-state index in [1.54, 1.807) is 6.20 Å². The topological polar surface area (TPSA) is 90.9 Å². The SMILES string of the molecule is O=C(O)NCc1nc(-c2c[nH]c3ncccc23)cs1. The summed E-state index contributed by atoms with van der Waals surface area (Å²) in [6.45, 7) is 0.223. The van der Waals surface area contributed by atoms with Gasteiger partial charge in [-0.05, 0) is 12.1 Å². The number of hydrogen-bond donors (Lipinski definition) is 3. The van der Waals surface area contributed by atoms with Crippen LogP contribution >= 0.6 is 11.3 Å². The van der Waals surface area contributed by atoms with Crippen molar-refractivity contribution < 1.29 is 9.90 Å². The molecule has 19 heavy (non-hydrogen) atoms. The Bertz CT molecular complexity index is 734. The summed E-state index contributed by atoms with van der Waals surface area (Å²) in [4.78, 5) is 22.2. The molecule has 0 saturated carbocycles. The van der Waals surface area contributed by atoms with E-state index in [0.29, 0.717) is 0 Å². The Kier molecular flexibility index (Phi) is 2.88. The van der Waals surface area contributed by atoms with Gasteiger partial charge in [-0.2, -0.15) is 0 Å². The number of fused-ring (bicyclic) bond motifs is 1. The number of carboxylic acid groups (broad SMARTS) is 1. The van der Waals surface area contributed by atoms with Gasteiger partial charge >= 0.3 is 6.09 Å². The standard InChI is InChI=1S/C12H10N4O2S/c17-12(18)15-5-10-16-9(6-19-10)8-4-14-11-7(8)2-1-3-13-11/h1-4,6,15H,5H2,(H,13,14)(H,17,18). The van der Waals surface area contributed by atoms with Crippen molar-refractivity contribution in [2.75, 3.05) is 0 Å². The van der Waals surface area contributed by atoms with Crippen LogP contribution in [0.15, 0.2) is 29.9 Å². The minimum absolute atomic E-state index is 0.223. The van der Waals surface area contributed by atoms with Crippen LogP contribution in [0, 0.1) is 0 Å². The van der Waals surface area contributed by atoms with Crippen LogP contribution in [0.2, 0.25) is 0 Å². The second kappa shape index (κ2) is 4.69. The third kappa shape index (κ3) is 2.27. The molecule has 96 valence electrons. The Morgan fingerprint density at radius 2 is 2.42 bits per heavy atom. The quantitative estimate of drug-likeness (QED) is 0.684. The Morgan fingerprint density at radius 3 is 3.26 bits per heavy atom. The lowest BCUT2D eigenvalue weighted by atomic mass is 10.2. The molecule has 0 spiro atoms. The summed E-state index contributed by atoms with van der Waals surface area (Å²) in [5.74, 6) is 0. The van der Waals surface area contributed by atoms with Gasteiger partial charge in [-0.3, -0.25) is 0 Å². The van der Waals surface area contributed by atoms with E-state index >= 15 is 0 Å². The lowest BCUT2D eigenvalue weighted by Crippen LogP contribution is -2.19. The highest BCUT2D eigenvalue weighted by atomic mass is 32.1. The van der Waals surface area contributed by atoms with E-state index < -0.39 is 6.09 Å². The molecule has 3 aromatic heterocycles. The molecular formula is C12H10N4O2S. The second-order valence-corrected chi connectivity index (χ2v) is 4.83. The summed E-state index contributed by atoms with van der Waals surface area (Å²) < 4.78 is 0. The van der Waals surface area contributed by atoms with Gasteiger partial charge in [0, 0.05) is 28.7 Å². The molecule has 0 aliphatic carbocycles. The fourth-order valence-electron chi connectivity index (χ4n) is 1.83. The third-order valence-electron chi connectivity index (χ3n) is 2.67. The van der Waals surface area contributed by atoms with Gasteiger partial charge in [-0.25, -0.2) is 14.8 Å². The van der Waals surface area contributed by atoms with Gasteiger partial charge in [0.2, 0.25) is 0 Å². The van der Waals surface area contributed by atoms with E-state index in [2.05, 4.69) is 20.3 Å². The average molecular weight is 274 g/mol. The maximum absolute atomic E-state index is 10.4. The minimum Gasteiger partial charge on any atom is -0.465 e. The summed E-state index contributed by atoms with van der Waals surface area (Å²) in [6, 6.07) is 3.85. The number of H-pyrrole nitrogens is 1. The number of rotatable bonds is 3. The molecule has 6 nitrogen and oxygen atoms in total. The van der Waals surface area contributed by atoms with Gasteiger partial charge in [0.05, 0.1) is 12.2 Å². The van der Waals surface area contributed by atoms with Crippen molar-refractivity contribution in [3.8, 4) is 11.3 Å². The van der Waals surface area contributed by atoms with Crippen LogP contribution in [0.3, 0.4) is 0 Å². The molecule has 0 aliphatic rings. The molecule has 3 rings (SSSR count). The predicted molar refractivity (Wildman–Crippen MR) is 72.1 cm³/mol. The van der Waals surface area contributed by atoms with E-state index in [1.807, 2.05) is 23.7 Å². The molecule has 3 aromatic rings. The molecule has 0 fully saturated rings. The Labute approximate surface area is 112 Å². The smallest absolute Gasteiger partial charge is 0.405 e. The molecule has 0 unspecified atom stereocenters. The van der Waals surface area contributed by atoms with Crippen molar-refractivity contribution in [2.24, 2.45) is 0 Å². The zero-order chi connectivity index (χ0) is 13.2. The molecule has 3 N–H and O–H groups in total. The van der Waals surface area contributed by atoms with E-state index in [4.69, 9.17) is 5.11 Å². The molecular weight excluding hydrogens is 264 g/mol. The first-order valence-electron chi connectivity index (χ1n) is 5.58. The largest absolute Gasteiger partial charge is 0.465 e. The number of carbonyl (C=O) groups is 1. The summed E-state index contributed by atoms with van der Waals surface area (Å²) in [5, 5.41) is 14.5. The highest BCUT2D eigenvalue weighted by Crippen LogP contribution is 2.28. The number of pyridine rings is 1. The highest BCUT2D eigenvalue weighted by molar-refractivity contribution is 7.09. The summed E-state index contributed by atoms with van der Waals surface area (Å²) in [7, 11) is 0. The monoisotopic (exact) mass is 274 g/mol. The van der Waals surface area contributed by atoms with Crippen LogP contribution in [0.25, 0.3) is 22.3 Å². The van der Waals surface area contributed by atoms with Crippen molar-refractivity contribution in [3.05, 3.63) is 34.9 Å². The predicted octanol–water partition coefficient (Wildman–Crippen LogP) is 2.45. The van der Waals surface area contributed by atoms with Crippen LogP contribution in [0.4, 0.5) is 4.79 Å². The number of nitrogens with one attached hydrogen (secondary N) is 2. The number of nitrogens with zero attached hydrogens (tertiary/aromatic N) is 2. The minimum atomic E-state index is -1.05. The fourth-order valence-corrected chi connectivity index (χ4v) is 2.57. The molecule has 0 radical (unpaired) electrons. The number of amides is 1. The first-order chi connectivity index (χ1) is 9.24. The zero-order valence-corrected chi connectivity index (χ0v) is 10.6. The summed E-state index contributed by atoms with van der Waals surface area (Å²) in [5.41, 5.74) is 2.61. The average Bonchev–Trinajstić information content (AvgIpc) is 3.02. The van der Waals surface area contributed by atoms with Crippen molar-refractivity contribution in [1.82, 2.24) is 20.3 Å². The van der Waals surface area contributed by atoms with Crippen LogP contribution in [0.5, 0.6) is 0 Å². The number of thiazole rings is 1. The van der Waals surface area contributed by atoms with Crippen LogP contribution in [-0.2, 0) is 6.54 Å². The lowest BCUT2D eigenvalue weighted by molar-refractivity contribution is 0.194. The molecule has 1 amide bonds. The van der Waals surface area contributed by atoms with Gasteiger partial charge in [-0.15, -0.1) is 11.3 Å². The van der Waals surface area contributed by atoms with Gasteiger partial charge in [0.15, 0.2) is 0 Å². The van der Waals surface area contributed by atoms with Crippen LogP contribution < -0.4 is 5.32 Å². The van der Waals surface area contributed by atoms with E-state index in [-0.39, 0.29) is 6.54 Å². The molecule has 0 saturated heterocycles. The molecule has 7 heteroatoms. The Balaban J connectivity index is 1.92. The van der Waals surface area contributed by atoms with Crippen molar-refractivity contribution >= 4 is 28.5 Å². The van der Waals surface area contributed by atoms with Gasteiger partial charge in [-0.1, -0.05) is 0 Å². The van der Waals surface area contributed by atoms with Crippen LogP contribution in [0.1, 0.15) is 5.01 Å². The van der Waals surface area contributed by atoms with Crippen molar-refractivity contribution in [3.63, 3.8) is 0 Å². The van der Waals surface area contributed by atoms with E-state index in [9.17, 15) is 4.79 Å². The normalized spacial score (nSPS) is 10.7. The number of hydrogen-bond acceptors (Lipinski definition) is 4. The maximum Gasteiger partial charge on any atom is 0.405 e. The van der Waals surface area contributed by atoms with Gasteiger partial charge in [0.1, 0.15) is 10.7 Å². The molecule has 0 aliphatic heterocycles. The number of aromatic amines is 1. The molecule has 0 atom stereocenters. The zero-order valence-electron chi connectivity index (χ0n) is 9.75. The molecule has 3 heterocycles. The Morgan fingerprint density at radius 1 is 1.53 bits per heavy atom. The number of aromatic nitrogens is 3. The van der Waals surface area contributed by atoms with Crippen LogP contribution in [-0.4, -0.2) is 26.2 Å². The Hall–Kier alpha value is -2.41. The first kappa shape index (κ1) is 11.7. The third-order valence-corrected chi connectivity index (χ3v) is 3.52. The first-order valence-corrected chi connectivity index (χ1v) is 6.45. The maximum atomic E-state index is 10.4. The van der Waals surface area contributed by atoms with E-state index in [1.165, 1.54) is 11.3 Å². The lowest BCUT2D eigenvalue weighted by Gasteiger charge is -1.95. The molecule has 0 aromatic carbocycles. The van der Waals surface area contributed by atoms with Crippen molar-refractivity contribution in [2.45, 2.75) is 6.54 Å². The second-order valence-electron chi connectivity index (χ2n) is 3.89. The van der Waals surface area contributed by atoms with Gasteiger partial charge < -0.3 is 15.4 Å². The van der Waals surface area contributed by atoms with Crippen molar-refractivity contribution in [1.29, 1.82) is 0 Å². The highest BCUT2D eigenvalue weighted by Gasteiger charge is 2.10. The van der Waals surface area contributed by atoms with E-state index in [0.717, 1.165) is 27.3 Å².